The fraction of sp³-hybridized carbons (Fsp3) is 0. The van der Waals surface area contributed by atoms with E-state index in [0.717, 1.165) is 116 Å². The molecule has 4 heteroatoms. The number of hydrogen-bond acceptors (Lipinski definition) is 4. The first kappa shape index (κ1) is 30.9. The van der Waals surface area contributed by atoms with Crippen molar-refractivity contribution in [2.24, 2.45) is 0 Å². The Morgan fingerprint density at radius 2 is 0.750 bits per heavy atom. The van der Waals surface area contributed by atoms with Crippen molar-refractivity contribution in [1.82, 2.24) is 0 Å². The molecule has 56 heavy (non-hydrogen) atoms. The van der Waals surface area contributed by atoms with E-state index in [1.54, 1.807) is 0 Å². The molecule has 0 amide bonds. The fourth-order valence-corrected chi connectivity index (χ4v) is 8.46. The fourth-order valence-electron chi connectivity index (χ4n) is 8.46. The van der Waals surface area contributed by atoms with Gasteiger partial charge in [-0.25, -0.2) is 0 Å². The average Bonchev–Trinajstić information content (AvgIpc) is 3.98. The monoisotopic (exact) mass is 717 g/mol. The minimum Gasteiger partial charge on any atom is -0.456 e. The Kier molecular flexibility index (Phi) is 6.60. The SMILES string of the molecule is c1ccc2oc(-c3ccc(-c4ccc(N(c5ccc6ccc7c8ccccc8oc7c6c5)c5ccc6ccc7c8ccccc8oc7c6c5)cc4)cc3)cc2c1. The predicted molar refractivity (Wildman–Crippen MR) is 231 cm³/mol. The highest BCUT2D eigenvalue weighted by Gasteiger charge is 2.18. The van der Waals surface area contributed by atoms with Crippen molar-refractivity contribution < 1.29 is 13.3 Å². The molecule has 3 aromatic heterocycles. The maximum absolute atomic E-state index is 6.53. The molecule has 0 aliphatic carbocycles. The number of nitrogens with zero attached hydrogens (tertiary/aromatic N) is 1. The number of furan rings is 3. The molecule has 0 saturated carbocycles. The molecule has 0 fully saturated rings. The predicted octanol–water partition coefficient (Wildman–Crippen LogP) is 15.3. The Morgan fingerprint density at radius 3 is 1.32 bits per heavy atom. The minimum atomic E-state index is 0.870. The van der Waals surface area contributed by atoms with E-state index in [9.17, 15) is 0 Å². The van der Waals surface area contributed by atoms with E-state index < -0.39 is 0 Å². The smallest absolute Gasteiger partial charge is 0.143 e. The van der Waals surface area contributed by atoms with Crippen molar-refractivity contribution in [2.45, 2.75) is 0 Å². The first-order chi connectivity index (χ1) is 27.7. The molecular weight excluding hydrogens is 687 g/mol. The van der Waals surface area contributed by atoms with Gasteiger partial charge in [0.25, 0.3) is 0 Å². The highest BCUT2D eigenvalue weighted by molar-refractivity contribution is 6.17. The van der Waals surface area contributed by atoms with Crippen LogP contribution in [0.1, 0.15) is 0 Å². The zero-order valence-electron chi connectivity index (χ0n) is 30.1. The van der Waals surface area contributed by atoms with E-state index >= 15 is 0 Å². The van der Waals surface area contributed by atoms with Gasteiger partial charge in [-0.3, -0.25) is 0 Å². The topological polar surface area (TPSA) is 42.7 Å². The lowest BCUT2D eigenvalue weighted by atomic mass is 10.0. The Hall–Kier alpha value is -7.56. The van der Waals surface area contributed by atoms with Crippen LogP contribution in [0.5, 0.6) is 0 Å². The minimum absolute atomic E-state index is 0.870. The van der Waals surface area contributed by atoms with E-state index in [1.807, 2.05) is 42.5 Å². The molecule has 0 saturated heterocycles. The van der Waals surface area contributed by atoms with Crippen LogP contribution >= 0.6 is 0 Å². The van der Waals surface area contributed by atoms with Gasteiger partial charge in [-0.1, -0.05) is 115 Å². The van der Waals surface area contributed by atoms with E-state index in [2.05, 4.69) is 150 Å². The Bertz CT molecular complexity index is 3290. The van der Waals surface area contributed by atoms with Gasteiger partial charge in [0.1, 0.15) is 33.7 Å². The molecule has 0 atom stereocenters. The van der Waals surface area contributed by atoms with Gasteiger partial charge < -0.3 is 18.2 Å². The van der Waals surface area contributed by atoms with Crippen molar-refractivity contribution in [1.29, 1.82) is 0 Å². The Morgan fingerprint density at radius 1 is 0.286 bits per heavy atom. The van der Waals surface area contributed by atoms with Crippen molar-refractivity contribution in [2.75, 3.05) is 4.90 Å². The summed E-state index contributed by atoms with van der Waals surface area (Å²) in [5, 5.41) is 9.98. The molecule has 0 unspecified atom stereocenters. The first-order valence-corrected chi connectivity index (χ1v) is 18.9. The van der Waals surface area contributed by atoms with Crippen LogP contribution in [-0.4, -0.2) is 0 Å². The number of benzene rings is 9. The largest absolute Gasteiger partial charge is 0.456 e. The van der Waals surface area contributed by atoms with E-state index in [0.29, 0.717) is 0 Å². The summed E-state index contributed by atoms with van der Waals surface area (Å²) in [6.07, 6.45) is 0. The molecule has 4 nitrogen and oxygen atoms in total. The number of anilines is 3. The number of rotatable bonds is 5. The van der Waals surface area contributed by atoms with Gasteiger partial charge in [0, 0.05) is 60.3 Å². The molecule has 0 bridgehead atoms. The molecule has 9 aromatic carbocycles. The number of fused-ring (bicyclic) bond motifs is 11. The summed E-state index contributed by atoms with van der Waals surface area (Å²) in [5.41, 5.74) is 10.9. The van der Waals surface area contributed by atoms with Crippen molar-refractivity contribution in [3.05, 3.63) is 188 Å². The second-order valence-electron chi connectivity index (χ2n) is 14.5. The number of para-hydroxylation sites is 3. The highest BCUT2D eigenvalue weighted by atomic mass is 16.3. The van der Waals surface area contributed by atoms with Gasteiger partial charge in [0.05, 0.1) is 0 Å². The van der Waals surface area contributed by atoms with Crippen molar-refractivity contribution in [3.63, 3.8) is 0 Å². The maximum atomic E-state index is 6.53. The standard InChI is InChI=1S/C52H31NO3/c1-4-10-47-37(7-1)29-50(54-47)36-15-13-32(14-16-36)33-17-23-38(24-18-33)53(39-25-19-34-21-27-43-41-8-2-5-11-48(41)55-51(43)45(34)30-39)40-26-20-35-22-28-44-42-9-3-6-12-49(42)56-52(44)46(35)31-40/h1-31H. The maximum Gasteiger partial charge on any atom is 0.143 e. The van der Waals surface area contributed by atoms with Crippen LogP contribution in [0.2, 0.25) is 0 Å². The molecule has 0 aliphatic heterocycles. The third-order valence-corrected chi connectivity index (χ3v) is 11.3. The second kappa shape index (κ2) is 12.0. The van der Waals surface area contributed by atoms with Crippen LogP contribution in [0.4, 0.5) is 17.1 Å². The highest BCUT2D eigenvalue weighted by Crippen LogP contribution is 2.43. The molecule has 3 heterocycles. The van der Waals surface area contributed by atoms with Crippen molar-refractivity contribution >= 4 is 93.5 Å². The summed E-state index contributed by atoms with van der Waals surface area (Å²) in [6, 6.07) is 66.2. The van der Waals surface area contributed by atoms with Crippen LogP contribution < -0.4 is 4.90 Å². The molecule has 0 aliphatic rings. The molecule has 12 aromatic rings. The lowest BCUT2D eigenvalue weighted by Gasteiger charge is -2.26. The second-order valence-corrected chi connectivity index (χ2v) is 14.5. The van der Waals surface area contributed by atoms with Crippen LogP contribution in [-0.2, 0) is 0 Å². The summed E-state index contributed by atoms with van der Waals surface area (Å²) >= 11 is 0. The first-order valence-electron chi connectivity index (χ1n) is 18.9. The zero-order chi connectivity index (χ0) is 36.7. The quantitative estimate of drug-likeness (QED) is 0.178. The summed E-state index contributed by atoms with van der Waals surface area (Å²) in [4.78, 5) is 2.33. The van der Waals surface area contributed by atoms with Crippen molar-refractivity contribution in [3.8, 4) is 22.5 Å². The normalized spacial score (nSPS) is 11.9. The third-order valence-electron chi connectivity index (χ3n) is 11.3. The molecular formula is C52H31NO3. The molecule has 0 spiro atoms. The Labute approximate surface area is 321 Å². The summed E-state index contributed by atoms with van der Waals surface area (Å²) in [6.45, 7) is 0. The van der Waals surface area contributed by atoms with Gasteiger partial charge in [-0.15, -0.1) is 0 Å². The molecule has 0 N–H and O–H groups in total. The molecule has 262 valence electrons. The van der Waals surface area contributed by atoms with Crippen LogP contribution in [0.15, 0.2) is 201 Å². The van der Waals surface area contributed by atoms with Crippen LogP contribution in [0.3, 0.4) is 0 Å². The lowest BCUT2D eigenvalue weighted by Crippen LogP contribution is -2.10. The van der Waals surface area contributed by atoms with Crippen LogP contribution in [0.25, 0.3) is 98.8 Å². The van der Waals surface area contributed by atoms with E-state index in [-0.39, 0.29) is 0 Å². The third kappa shape index (κ3) is 4.79. The summed E-state index contributed by atoms with van der Waals surface area (Å²) < 4.78 is 19.2. The van der Waals surface area contributed by atoms with Crippen LogP contribution in [0, 0.1) is 0 Å². The lowest BCUT2D eigenvalue weighted by molar-refractivity contribution is 0.631. The van der Waals surface area contributed by atoms with Gasteiger partial charge in [0.15, 0.2) is 0 Å². The Balaban J connectivity index is 0.999. The average molecular weight is 718 g/mol. The van der Waals surface area contributed by atoms with E-state index in [4.69, 9.17) is 13.3 Å². The number of hydrogen-bond donors (Lipinski definition) is 0. The van der Waals surface area contributed by atoms with Gasteiger partial charge in [0.2, 0.25) is 0 Å². The van der Waals surface area contributed by atoms with Gasteiger partial charge in [-0.05, 0) is 94.7 Å². The van der Waals surface area contributed by atoms with Gasteiger partial charge >= 0.3 is 0 Å². The zero-order valence-corrected chi connectivity index (χ0v) is 30.1. The van der Waals surface area contributed by atoms with Gasteiger partial charge in [-0.2, -0.15) is 0 Å². The summed E-state index contributed by atoms with van der Waals surface area (Å²) in [7, 11) is 0. The van der Waals surface area contributed by atoms with E-state index in [1.165, 1.54) is 0 Å². The summed E-state index contributed by atoms with van der Waals surface area (Å²) in [5.74, 6) is 0.870. The molecule has 0 radical (unpaired) electrons. The molecule has 12 rings (SSSR count).